The lowest BCUT2D eigenvalue weighted by Crippen LogP contribution is -2.34. The molecule has 0 radical (unpaired) electrons. The maximum atomic E-state index is 12.1. The highest BCUT2D eigenvalue weighted by atomic mass is 16.5. The number of carbonyl (C=O) groups is 3. The van der Waals surface area contributed by atoms with Crippen LogP contribution in [0.4, 0.5) is 5.69 Å². The van der Waals surface area contributed by atoms with Gasteiger partial charge in [0.1, 0.15) is 5.71 Å². The molecule has 2 amide bonds. The van der Waals surface area contributed by atoms with Crippen molar-refractivity contribution in [3.63, 3.8) is 0 Å². The van der Waals surface area contributed by atoms with E-state index >= 15 is 0 Å². The third kappa shape index (κ3) is 4.65. The molecule has 0 fully saturated rings. The number of benzene rings is 1. The van der Waals surface area contributed by atoms with Gasteiger partial charge in [0.25, 0.3) is 5.91 Å². The standard InChI is InChI=1S/C17H21N3O4/c1-3-4-11-24-17(23)12-5-7-13(8-6-12)18-16(22)14-9-10-15(21)20(2)19-14/h5-8H,3-4,9-11H2,1-2H3,(H,18,22). The van der Waals surface area contributed by atoms with Crippen LogP contribution in [0.3, 0.4) is 0 Å². The van der Waals surface area contributed by atoms with E-state index in [0.29, 0.717) is 30.0 Å². The summed E-state index contributed by atoms with van der Waals surface area (Å²) < 4.78 is 5.12. The number of nitrogens with one attached hydrogen (secondary N) is 1. The summed E-state index contributed by atoms with van der Waals surface area (Å²) in [6.07, 6.45) is 2.38. The molecule has 7 heteroatoms. The van der Waals surface area contributed by atoms with Crippen molar-refractivity contribution in [3.8, 4) is 0 Å². The molecule has 0 atom stereocenters. The van der Waals surface area contributed by atoms with Crippen LogP contribution in [0.25, 0.3) is 0 Å². The Hall–Kier alpha value is -2.70. The van der Waals surface area contributed by atoms with E-state index in [4.69, 9.17) is 4.74 Å². The molecule has 0 saturated heterocycles. The van der Waals surface area contributed by atoms with E-state index in [0.717, 1.165) is 12.8 Å². The number of esters is 1. The third-order valence-electron chi connectivity index (χ3n) is 3.58. The van der Waals surface area contributed by atoms with Crippen LogP contribution in [-0.2, 0) is 14.3 Å². The minimum atomic E-state index is -0.377. The van der Waals surface area contributed by atoms with Gasteiger partial charge in [0, 0.05) is 25.6 Å². The first kappa shape index (κ1) is 17.7. The summed E-state index contributed by atoms with van der Waals surface area (Å²) in [7, 11) is 1.52. The van der Waals surface area contributed by atoms with Crippen molar-refractivity contribution in [1.82, 2.24) is 5.01 Å². The van der Waals surface area contributed by atoms with Crippen LogP contribution >= 0.6 is 0 Å². The molecular weight excluding hydrogens is 310 g/mol. The van der Waals surface area contributed by atoms with Gasteiger partial charge in [0.2, 0.25) is 5.91 Å². The Morgan fingerprint density at radius 1 is 1.25 bits per heavy atom. The van der Waals surface area contributed by atoms with Crippen molar-refractivity contribution in [2.75, 3.05) is 19.0 Å². The summed E-state index contributed by atoms with van der Waals surface area (Å²) in [5.74, 6) is -0.844. The molecule has 1 aromatic rings. The van der Waals surface area contributed by atoms with Crippen LogP contribution in [0.5, 0.6) is 0 Å². The quantitative estimate of drug-likeness (QED) is 0.639. The molecular formula is C17H21N3O4. The molecule has 24 heavy (non-hydrogen) atoms. The van der Waals surface area contributed by atoms with Crippen LogP contribution in [0.2, 0.25) is 0 Å². The lowest BCUT2D eigenvalue weighted by Gasteiger charge is -2.18. The van der Waals surface area contributed by atoms with Gasteiger partial charge >= 0.3 is 5.97 Å². The fourth-order valence-electron chi connectivity index (χ4n) is 2.12. The monoisotopic (exact) mass is 331 g/mol. The zero-order chi connectivity index (χ0) is 17.5. The van der Waals surface area contributed by atoms with Crippen molar-refractivity contribution in [2.24, 2.45) is 5.10 Å². The van der Waals surface area contributed by atoms with Crippen LogP contribution in [0.1, 0.15) is 43.0 Å². The Bertz CT molecular complexity index is 652. The molecule has 7 nitrogen and oxygen atoms in total. The van der Waals surface area contributed by atoms with Gasteiger partial charge < -0.3 is 10.1 Å². The lowest BCUT2D eigenvalue weighted by molar-refractivity contribution is -0.130. The minimum Gasteiger partial charge on any atom is -0.462 e. The molecule has 0 saturated carbocycles. The number of amides is 2. The largest absolute Gasteiger partial charge is 0.462 e. The zero-order valence-electron chi connectivity index (χ0n) is 13.9. The normalized spacial score (nSPS) is 14.2. The summed E-state index contributed by atoms with van der Waals surface area (Å²) in [5.41, 5.74) is 1.29. The average Bonchev–Trinajstić information content (AvgIpc) is 2.58. The second-order valence-corrected chi connectivity index (χ2v) is 5.48. The van der Waals surface area contributed by atoms with Crippen LogP contribution < -0.4 is 5.32 Å². The van der Waals surface area contributed by atoms with Gasteiger partial charge in [-0.05, 0) is 30.7 Å². The molecule has 128 valence electrons. The number of rotatable bonds is 6. The number of carbonyl (C=O) groups excluding carboxylic acids is 3. The molecule has 0 aromatic heterocycles. The van der Waals surface area contributed by atoms with Crippen molar-refractivity contribution in [3.05, 3.63) is 29.8 Å². The Balaban J connectivity index is 1.94. The lowest BCUT2D eigenvalue weighted by atomic mass is 10.1. The number of unbranched alkanes of at least 4 members (excludes halogenated alkanes) is 1. The molecule has 0 unspecified atom stereocenters. The summed E-state index contributed by atoms with van der Waals surface area (Å²) >= 11 is 0. The highest BCUT2D eigenvalue weighted by molar-refractivity contribution is 6.43. The van der Waals surface area contributed by atoms with Gasteiger partial charge in [-0.1, -0.05) is 13.3 Å². The minimum absolute atomic E-state index is 0.113. The van der Waals surface area contributed by atoms with Gasteiger partial charge in [-0.15, -0.1) is 0 Å². The van der Waals surface area contributed by atoms with E-state index in [-0.39, 0.29) is 24.2 Å². The predicted molar refractivity (Wildman–Crippen MR) is 89.7 cm³/mol. The number of ether oxygens (including phenoxy) is 1. The number of hydrogen-bond acceptors (Lipinski definition) is 5. The topological polar surface area (TPSA) is 88.1 Å². The van der Waals surface area contributed by atoms with Crippen molar-refractivity contribution < 1.29 is 19.1 Å². The van der Waals surface area contributed by atoms with Crippen LogP contribution in [-0.4, -0.2) is 42.2 Å². The van der Waals surface area contributed by atoms with E-state index in [1.807, 2.05) is 6.92 Å². The average molecular weight is 331 g/mol. The molecule has 1 aliphatic heterocycles. The number of hydrogen-bond donors (Lipinski definition) is 1. The third-order valence-corrected chi connectivity index (χ3v) is 3.58. The van der Waals surface area contributed by atoms with E-state index in [2.05, 4.69) is 10.4 Å². The van der Waals surface area contributed by atoms with Gasteiger partial charge in [0.15, 0.2) is 0 Å². The van der Waals surface area contributed by atoms with Gasteiger partial charge in [-0.25, -0.2) is 9.80 Å². The summed E-state index contributed by atoms with van der Waals surface area (Å²) in [6, 6.07) is 6.46. The first-order valence-electron chi connectivity index (χ1n) is 7.94. The Kier molecular flexibility index (Phi) is 6.06. The van der Waals surface area contributed by atoms with E-state index in [1.54, 1.807) is 24.3 Å². The molecule has 1 N–H and O–H groups in total. The van der Waals surface area contributed by atoms with Crippen molar-refractivity contribution in [1.29, 1.82) is 0 Å². The summed E-state index contributed by atoms with van der Waals surface area (Å²) in [4.78, 5) is 35.3. The smallest absolute Gasteiger partial charge is 0.338 e. The maximum absolute atomic E-state index is 12.1. The van der Waals surface area contributed by atoms with Gasteiger partial charge in [0.05, 0.1) is 12.2 Å². The van der Waals surface area contributed by atoms with Crippen LogP contribution in [0.15, 0.2) is 29.4 Å². The summed E-state index contributed by atoms with van der Waals surface area (Å²) in [5, 5.41) is 7.84. The Morgan fingerprint density at radius 2 is 1.96 bits per heavy atom. The van der Waals surface area contributed by atoms with Gasteiger partial charge in [-0.3, -0.25) is 9.59 Å². The SMILES string of the molecule is CCCCOC(=O)c1ccc(NC(=O)C2=NN(C)C(=O)CC2)cc1. The maximum Gasteiger partial charge on any atom is 0.338 e. The molecule has 0 bridgehead atoms. The first-order valence-corrected chi connectivity index (χ1v) is 7.94. The fraction of sp³-hybridized carbons (Fsp3) is 0.412. The number of hydrazone groups is 1. The second kappa shape index (κ2) is 8.24. The van der Waals surface area contributed by atoms with Crippen LogP contribution in [0, 0.1) is 0 Å². The summed E-state index contributed by atoms with van der Waals surface area (Å²) in [6.45, 7) is 2.43. The number of nitrogens with zero attached hydrogens (tertiary/aromatic N) is 2. The van der Waals surface area contributed by atoms with Crippen molar-refractivity contribution in [2.45, 2.75) is 32.6 Å². The van der Waals surface area contributed by atoms with E-state index in [9.17, 15) is 14.4 Å². The predicted octanol–water partition coefficient (Wildman–Crippen LogP) is 2.19. The highest BCUT2D eigenvalue weighted by Crippen LogP contribution is 2.13. The highest BCUT2D eigenvalue weighted by Gasteiger charge is 2.22. The molecule has 2 rings (SSSR count). The van der Waals surface area contributed by atoms with Gasteiger partial charge in [-0.2, -0.15) is 5.10 Å². The first-order chi connectivity index (χ1) is 11.5. The fourth-order valence-corrected chi connectivity index (χ4v) is 2.12. The Labute approximate surface area is 140 Å². The van der Waals surface area contributed by atoms with E-state index in [1.165, 1.54) is 12.1 Å². The molecule has 0 spiro atoms. The molecule has 1 heterocycles. The zero-order valence-corrected chi connectivity index (χ0v) is 13.9. The molecule has 1 aliphatic rings. The second-order valence-electron chi connectivity index (χ2n) is 5.48. The Morgan fingerprint density at radius 3 is 2.58 bits per heavy atom. The molecule has 1 aromatic carbocycles. The molecule has 0 aliphatic carbocycles. The number of anilines is 1. The van der Waals surface area contributed by atoms with E-state index < -0.39 is 0 Å². The van der Waals surface area contributed by atoms with Crippen molar-refractivity contribution >= 4 is 29.2 Å².